The van der Waals surface area contributed by atoms with E-state index in [1.807, 2.05) is 37.3 Å². The van der Waals surface area contributed by atoms with Gasteiger partial charge in [-0.2, -0.15) is 0 Å². The van der Waals surface area contributed by atoms with Gasteiger partial charge in [0.2, 0.25) is 0 Å². The lowest BCUT2D eigenvalue weighted by Crippen LogP contribution is -2.12. The molecular weight excluding hydrogens is 298 g/mol. The predicted octanol–water partition coefficient (Wildman–Crippen LogP) is 4.20. The third kappa shape index (κ3) is 5.58. The lowest BCUT2D eigenvalue weighted by atomic mass is 10.2. The van der Waals surface area contributed by atoms with Crippen LogP contribution in [0.2, 0.25) is 0 Å². The van der Waals surface area contributed by atoms with Crippen molar-refractivity contribution in [3.05, 3.63) is 59.7 Å². The van der Waals surface area contributed by atoms with E-state index in [9.17, 15) is 0 Å². The van der Waals surface area contributed by atoms with Crippen molar-refractivity contribution in [1.29, 1.82) is 0 Å². The van der Waals surface area contributed by atoms with Gasteiger partial charge in [-0.15, -0.1) is 12.4 Å². The van der Waals surface area contributed by atoms with E-state index < -0.39 is 0 Å². The minimum Gasteiger partial charge on any atom is -0.490 e. The molecule has 3 nitrogen and oxygen atoms in total. The van der Waals surface area contributed by atoms with Crippen molar-refractivity contribution in [3.63, 3.8) is 0 Å². The van der Waals surface area contributed by atoms with Gasteiger partial charge in [-0.05, 0) is 36.7 Å². The molecule has 0 aliphatic rings. The highest BCUT2D eigenvalue weighted by Gasteiger charge is 2.07. The molecule has 4 heteroatoms. The summed E-state index contributed by atoms with van der Waals surface area (Å²) in [4.78, 5) is 0. The number of rotatable bonds is 8. The van der Waals surface area contributed by atoms with Gasteiger partial charge >= 0.3 is 0 Å². The summed E-state index contributed by atoms with van der Waals surface area (Å²) in [7, 11) is 0. The van der Waals surface area contributed by atoms with E-state index >= 15 is 0 Å². The zero-order valence-electron chi connectivity index (χ0n) is 13.2. The molecule has 0 aliphatic carbocycles. The molecule has 0 aromatic heterocycles. The van der Waals surface area contributed by atoms with Gasteiger partial charge in [-0.3, -0.25) is 0 Å². The van der Waals surface area contributed by atoms with Crippen LogP contribution in [0.25, 0.3) is 0 Å². The second-order valence-corrected chi connectivity index (χ2v) is 4.77. The summed E-state index contributed by atoms with van der Waals surface area (Å²) in [5.41, 5.74) is 2.35. The van der Waals surface area contributed by atoms with Crippen LogP contribution in [0.15, 0.2) is 48.5 Å². The molecule has 0 aliphatic heterocycles. The average molecular weight is 322 g/mol. The molecule has 0 saturated carbocycles. The van der Waals surface area contributed by atoms with E-state index in [0.717, 1.165) is 30.2 Å². The normalized spacial score (nSPS) is 9.91. The van der Waals surface area contributed by atoms with Gasteiger partial charge in [0.25, 0.3) is 0 Å². The third-order valence-electron chi connectivity index (χ3n) is 3.12. The maximum Gasteiger partial charge on any atom is 0.161 e. The van der Waals surface area contributed by atoms with Crippen LogP contribution >= 0.6 is 12.4 Å². The van der Waals surface area contributed by atoms with Crippen LogP contribution in [0.3, 0.4) is 0 Å². The highest BCUT2D eigenvalue weighted by atomic mass is 35.5. The van der Waals surface area contributed by atoms with Gasteiger partial charge < -0.3 is 14.8 Å². The molecule has 0 fully saturated rings. The Labute approximate surface area is 139 Å². The summed E-state index contributed by atoms with van der Waals surface area (Å²) < 4.78 is 11.6. The zero-order valence-corrected chi connectivity index (χ0v) is 14.0. The molecule has 0 spiro atoms. The first kappa shape index (κ1) is 18.3. The van der Waals surface area contributed by atoms with Crippen molar-refractivity contribution in [2.45, 2.75) is 27.0 Å². The Kier molecular flexibility index (Phi) is 8.41. The van der Waals surface area contributed by atoms with E-state index in [2.05, 4.69) is 30.4 Å². The molecule has 0 atom stereocenters. The van der Waals surface area contributed by atoms with Crippen molar-refractivity contribution >= 4 is 12.4 Å². The number of hydrogen-bond donors (Lipinski definition) is 1. The Hall–Kier alpha value is -1.71. The number of nitrogens with one attached hydrogen (secondary N) is 1. The average Bonchev–Trinajstić information content (AvgIpc) is 2.53. The van der Waals surface area contributed by atoms with Gasteiger partial charge in [-0.1, -0.05) is 43.3 Å². The maximum atomic E-state index is 5.89. The first-order chi connectivity index (χ1) is 10.3. The van der Waals surface area contributed by atoms with Gasteiger partial charge in [0, 0.05) is 6.54 Å². The fourth-order valence-electron chi connectivity index (χ4n) is 2.05. The summed E-state index contributed by atoms with van der Waals surface area (Å²) >= 11 is 0. The Morgan fingerprint density at radius 2 is 1.64 bits per heavy atom. The monoisotopic (exact) mass is 321 g/mol. The van der Waals surface area contributed by atoms with Crippen molar-refractivity contribution < 1.29 is 9.47 Å². The molecule has 0 heterocycles. The van der Waals surface area contributed by atoms with Crippen molar-refractivity contribution in [1.82, 2.24) is 5.32 Å². The van der Waals surface area contributed by atoms with Crippen molar-refractivity contribution in [2.24, 2.45) is 0 Å². The molecule has 22 heavy (non-hydrogen) atoms. The first-order valence-corrected chi connectivity index (χ1v) is 7.46. The second kappa shape index (κ2) is 10.1. The smallest absolute Gasteiger partial charge is 0.161 e. The maximum absolute atomic E-state index is 5.89. The molecule has 2 aromatic carbocycles. The first-order valence-electron chi connectivity index (χ1n) is 7.46. The molecule has 1 N–H and O–H groups in total. The van der Waals surface area contributed by atoms with E-state index in [0.29, 0.717) is 13.2 Å². The van der Waals surface area contributed by atoms with Crippen LogP contribution in [0.1, 0.15) is 25.0 Å². The van der Waals surface area contributed by atoms with Gasteiger partial charge in [-0.25, -0.2) is 0 Å². The fraction of sp³-hybridized carbons (Fsp3) is 0.333. The quantitative estimate of drug-likeness (QED) is 0.790. The van der Waals surface area contributed by atoms with Crippen LogP contribution in [0.5, 0.6) is 11.5 Å². The molecule has 0 bridgehead atoms. The van der Waals surface area contributed by atoms with E-state index in [-0.39, 0.29) is 12.4 Å². The van der Waals surface area contributed by atoms with E-state index in [1.165, 1.54) is 5.56 Å². The van der Waals surface area contributed by atoms with E-state index in [1.54, 1.807) is 0 Å². The lowest BCUT2D eigenvalue weighted by molar-refractivity contribution is 0.269. The molecule has 2 aromatic rings. The molecule has 0 saturated heterocycles. The molecule has 0 amide bonds. The van der Waals surface area contributed by atoms with E-state index in [4.69, 9.17) is 9.47 Å². The summed E-state index contributed by atoms with van der Waals surface area (Å²) in [5.74, 6) is 1.60. The highest BCUT2D eigenvalue weighted by Crippen LogP contribution is 2.29. The minimum atomic E-state index is 0. The van der Waals surface area contributed by atoms with Crippen LogP contribution in [-0.2, 0) is 13.2 Å². The Balaban J connectivity index is 0.00000242. The largest absolute Gasteiger partial charge is 0.490 e. The lowest BCUT2D eigenvalue weighted by Gasteiger charge is -2.13. The zero-order chi connectivity index (χ0) is 14.9. The predicted molar refractivity (Wildman–Crippen MR) is 93.0 cm³/mol. The Morgan fingerprint density at radius 1 is 0.864 bits per heavy atom. The SMILES string of the molecule is CCNCc1ccc(OCc2ccccc2)c(OCC)c1.Cl. The van der Waals surface area contributed by atoms with Crippen LogP contribution in [-0.4, -0.2) is 13.2 Å². The molecule has 0 radical (unpaired) electrons. The Bertz CT molecular complexity index is 546. The van der Waals surface area contributed by atoms with Crippen LogP contribution in [0, 0.1) is 0 Å². The molecular formula is C18H24ClNO2. The standard InChI is InChI=1S/C18H23NO2.ClH/c1-3-19-13-16-10-11-17(18(12-16)20-4-2)21-14-15-8-6-5-7-9-15;/h5-12,19H,3-4,13-14H2,1-2H3;1H. The summed E-state index contributed by atoms with van der Waals surface area (Å²) in [6.07, 6.45) is 0. The molecule has 0 unspecified atom stereocenters. The van der Waals surface area contributed by atoms with Gasteiger partial charge in [0.15, 0.2) is 11.5 Å². The second-order valence-electron chi connectivity index (χ2n) is 4.77. The number of hydrogen-bond acceptors (Lipinski definition) is 3. The van der Waals surface area contributed by atoms with Crippen LogP contribution < -0.4 is 14.8 Å². The number of benzene rings is 2. The highest BCUT2D eigenvalue weighted by molar-refractivity contribution is 5.85. The molecule has 120 valence electrons. The third-order valence-corrected chi connectivity index (χ3v) is 3.12. The minimum absolute atomic E-state index is 0. The molecule has 2 rings (SSSR count). The Morgan fingerprint density at radius 3 is 2.32 bits per heavy atom. The van der Waals surface area contributed by atoms with Gasteiger partial charge in [0.05, 0.1) is 6.61 Å². The number of halogens is 1. The summed E-state index contributed by atoms with van der Waals surface area (Å²) in [6, 6.07) is 16.3. The van der Waals surface area contributed by atoms with Crippen LogP contribution in [0.4, 0.5) is 0 Å². The van der Waals surface area contributed by atoms with Gasteiger partial charge in [0.1, 0.15) is 6.61 Å². The van der Waals surface area contributed by atoms with Crippen molar-refractivity contribution in [2.75, 3.05) is 13.2 Å². The topological polar surface area (TPSA) is 30.5 Å². The fourth-order valence-corrected chi connectivity index (χ4v) is 2.05. The van der Waals surface area contributed by atoms with Crippen molar-refractivity contribution in [3.8, 4) is 11.5 Å². The number of ether oxygens (including phenoxy) is 2. The summed E-state index contributed by atoms with van der Waals surface area (Å²) in [5, 5.41) is 3.31. The summed E-state index contributed by atoms with van der Waals surface area (Å²) in [6.45, 7) is 7.06.